The summed E-state index contributed by atoms with van der Waals surface area (Å²) in [6.07, 6.45) is 13.4. The van der Waals surface area contributed by atoms with Crippen LogP contribution in [0.15, 0.2) is 0 Å². The zero-order valence-corrected chi connectivity index (χ0v) is 15.0. The van der Waals surface area contributed by atoms with Gasteiger partial charge in [-0.2, -0.15) is 0 Å². The first-order valence-electron chi connectivity index (χ1n) is 10.1. The molecular weight excluding hydrogens is 284 g/mol. The summed E-state index contributed by atoms with van der Waals surface area (Å²) in [5.41, 5.74) is 0.0364. The molecule has 4 aliphatic rings. The third-order valence-corrected chi connectivity index (χ3v) is 8.81. The molecule has 0 heterocycles. The van der Waals surface area contributed by atoms with Crippen molar-refractivity contribution in [1.29, 1.82) is 0 Å². The van der Waals surface area contributed by atoms with Gasteiger partial charge in [0.2, 0.25) is 0 Å². The van der Waals surface area contributed by atoms with Crippen molar-refractivity contribution in [3.63, 3.8) is 0 Å². The van der Waals surface area contributed by atoms with Crippen LogP contribution in [0.25, 0.3) is 0 Å². The molecule has 4 fully saturated rings. The minimum Gasteiger partial charge on any atom is -0.390 e. The van der Waals surface area contributed by atoms with Crippen molar-refractivity contribution in [2.45, 2.75) is 83.7 Å². The monoisotopic (exact) mass is 318 g/mol. The van der Waals surface area contributed by atoms with Gasteiger partial charge in [-0.25, -0.2) is 0 Å². The zero-order chi connectivity index (χ0) is 16.2. The average Bonchev–Trinajstić information content (AvgIpc) is 2.83. The maximum Gasteiger partial charge on any atom is 0.120 e. The lowest BCUT2D eigenvalue weighted by molar-refractivity contribution is -0.112. The molecule has 0 spiro atoms. The van der Waals surface area contributed by atoms with E-state index in [2.05, 4.69) is 6.92 Å². The SMILES string of the molecule is C[C@@]1(O)CC[C@@H]2C3CC[C@@]4(C)C(CC[C@@H]4CC=O)[C@@H]3CC[C@@H]2C1. The lowest BCUT2D eigenvalue weighted by atomic mass is 9.49. The smallest absolute Gasteiger partial charge is 0.120 e. The molecule has 2 heteroatoms. The highest BCUT2D eigenvalue weighted by Crippen LogP contribution is 2.64. The van der Waals surface area contributed by atoms with Gasteiger partial charge in [-0.3, -0.25) is 0 Å². The molecular formula is C21H34O2. The number of carbonyl (C=O) groups excluding carboxylic acids is 1. The molecule has 4 saturated carbocycles. The van der Waals surface area contributed by atoms with E-state index in [0.717, 1.165) is 48.9 Å². The quantitative estimate of drug-likeness (QED) is 0.756. The van der Waals surface area contributed by atoms with E-state index >= 15 is 0 Å². The Hall–Kier alpha value is -0.370. The molecule has 2 unspecified atom stereocenters. The van der Waals surface area contributed by atoms with Gasteiger partial charge in [0.05, 0.1) is 5.60 Å². The molecule has 0 aromatic carbocycles. The molecule has 0 bridgehead atoms. The highest BCUT2D eigenvalue weighted by atomic mass is 16.3. The lowest BCUT2D eigenvalue weighted by Crippen LogP contribution is -2.50. The Balaban J connectivity index is 1.53. The van der Waals surface area contributed by atoms with Crippen LogP contribution >= 0.6 is 0 Å². The number of carbonyl (C=O) groups is 1. The highest BCUT2D eigenvalue weighted by Gasteiger charge is 2.57. The normalized spacial score (nSPS) is 55.6. The van der Waals surface area contributed by atoms with Crippen molar-refractivity contribution < 1.29 is 9.90 Å². The molecule has 0 amide bonds. The maximum atomic E-state index is 11.1. The van der Waals surface area contributed by atoms with Crippen LogP contribution in [0.5, 0.6) is 0 Å². The van der Waals surface area contributed by atoms with Crippen molar-refractivity contribution in [1.82, 2.24) is 0 Å². The number of aldehydes is 1. The Labute approximate surface area is 141 Å². The van der Waals surface area contributed by atoms with Crippen LogP contribution in [0.3, 0.4) is 0 Å². The van der Waals surface area contributed by atoms with Crippen LogP contribution in [-0.4, -0.2) is 17.0 Å². The van der Waals surface area contributed by atoms with Gasteiger partial charge in [-0.15, -0.1) is 0 Å². The van der Waals surface area contributed by atoms with Gasteiger partial charge in [-0.05, 0) is 106 Å². The third-order valence-electron chi connectivity index (χ3n) is 8.81. The van der Waals surface area contributed by atoms with Gasteiger partial charge in [0.25, 0.3) is 0 Å². The first-order valence-corrected chi connectivity index (χ1v) is 10.1. The van der Waals surface area contributed by atoms with Crippen LogP contribution in [0.4, 0.5) is 0 Å². The fourth-order valence-electron chi connectivity index (χ4n) is 7.69. The lowest BCUT2D eigenvalue weighted by Gasteiger charge is -2.57. The Morgan fingerprint density at radius 1 is 0.957 bits per heavy atom. The second kappa shape index (κ2) is 5.58. The molecule has 1 N–H and O–H groups in total. The molecule has 130 valence electrons. The Kier molecular flexibility index (Phi) is 3.91. The molecule has 2 nitrogen and oxygen atoms in total. The average molecular weight is 319 g/mol. The van der Waals surface area contributed by atoms with E-state index in [0.29, 0.717) is 11.3 Å². The van der Waals surface area contributed by atoms with Crippen molar-refractivity contribution >= 4 is 6.29 Å². The van der Waals surface area contributed by atoms with E-state index in [1.54, 1.807) is 0 Å². The van der Waals surface area contributed by atoms with E-state index in [-0.39, 0.29) is 0 Å². The topological polar surface area (TPSA) is 37.3 Å². The number of aliphatic hydroxyl groups is 1. The molecule has 23 heavy (non-hydrogen) atoms. The highest BCUT2D eigenvalue weighted by molar-refractivity contribution is 5.50. The maximum absolute atomic E-state index is 11.1. The van der Waals surface area contributed by atoms with Gasteiger partial charge in [-0.1, -0.05) is 6.92 Å². The van der Waals surface area contributed by atoms with E-state index in [4.69, 9.17) is 0 Å². The minimum atomic E-state index is -0.403. The van der Waals surface area contributed by atoms with Crippen molar-refractivity contribution in [3.8, 4) is 0 Å². The Morgan fingerprint density at radius 3 is 2.52 bits per heavy atom. The standard InChI is InChI=1S/C21H34O2/c1-20(23)10-7-16-14(13-20)3-5-18-17(16)8-11-21(2)15(9-12-22)4-6-19(18)21/h12,14-19,23H,3-11,13H2,1-2H3/t14-,15-,16+,17?,18-,19?,20-,21-/m1/s1. The first-order chi connectivity index (χ1) is 10.9. The number of rotatable bonds is 2. The van der Waals surface area contributed by atoms with Crippen molar-refractivity contribution in [2.75, 3.05) is 0 Å². The van der Waals surface area contributed by atoms with Gasteiger partial charge < -0.3 is 9.90 Å². The summed E-state index contributed by atoms with van der Waals surface area (Å²) in [7, 11) is 0. The van der Waals surface area contributed by atoms with Crippen LogP contribution in [0.1, 0.15) is 78.1 Å². The summed E-state index contributed by atoms with van der Waals surface area (Å²) in [6, 6.07) is 0. The summed E-state index contributed by atoms with van der Waals surface area (Å²) < 4.78 is 0. The minimum absolute atomic E-state index is 0.403. The van der Waals surface area contributed by atoms with E-state index in [9.17, 15) is 9.90 Å². The fraction of sp³-hybridized carbons (Fsp3) is 0.952. The van der Waals surface area contributed by atoms with Gasteiger partial charge >= 0.3 is 0 Å². The zero-order valence-electron chi connectivity index (χ0n) is 15.0. The predicted molar refractivity (Wildman–Crippen MR) is 91.9 cm³/mol. The molecule has 0 aromatic rings. The van der Waals surface area contributed by atoms with Crippen LogP contribution in [0.2, 0.25) is 0 Å². The molecule has 8 atom stereocenters. The van der Waals surface area contributed by atoms with Crippen LogP contribution in [-0.2, 0) is 4.79 Å². The molecule has 4 aliphatic carbocycles. The number of hydrogen-bond donors (Lipinski definition) is 1. The van der Waals surface area contributed by atoms with Crippen LogP contribution < -0.4 is 0 Å². The first kappa shape index (κ1) is 16.1. The predicted octanol–water partition coefficient (Wildman–Crippen LogP) is 4.60. The molecule has 4 rings (SSSR count). The summed E-state index contributed by atoms with van der Waals surface area (Å²) in [6.45, 7) is 4.56. The fourth-order valence-corrected chi connectivity index (χ4v) is 7.69. The largest absolute Gasteiger partial charge is 0.390 e. The molecule has 0 radical (unpaired) electrons. The summed E-state index contributed by atoms with van der Waals surface area (Å²) >= 11 is 0. The second-order valence-corrected chi connectivity index (χ2v) is 9.90. The summed E-state index contributed by atoms with van der Waals surface area (Å²) in [4.78, 5) is 11.1. The van der Waals surface area contributed by atoms with E-state index < -0.39 is 5.60 Å². The Morgan fingerprint density at radius 2 is 1.74 bits per heavy atom. The summed E-state index contributed by atoms with van der Waals surface area (Å²) in [5, 5.41) is 10.5. The van der Waals surface area contributed by atoms with Gasteiger partial charge in [0.1, 0.15) is 6.29 Å². The van der Waals surface area contributed by atoms with Crippen LogP contribution in [0, 0.1) is 40.9 Å². The van der Waals surface area contributed by atoms with E-state index in [1.807, 2.05) is 6.92 Å². The van der Waals surface area contributed by atoms with Crippen molar-refractivity contribution in [3.05, 3.63) is 0 Å². The Bertz CT molecular complexity index is 470. The molecule has 0 aromatic heterocycles. The molecule has 0 saturated heterocycles. The third kappa shape index (κ3) is 2.51. The van der Waals surface area contributed by atoms with Gasteiger partial charge in [0, 0.05) is 6.42 Å². The van der Waals surface area contributed by atoms with Gasteiger partial charge in [0.15, 0.2) is 0 Å². The van der Waals surface area contributed by atoms with Crippen molar-refractivity contribution in [2.24, 2.45) is 40.9 Å². The second-order valence-electron chi connectivity index (χ2n) is 9.90. The molecule has 0 aliphatic heterocycles. The van der Waals surface area contributed by atoms with E-state index in [1.165, 1.54) is 51.2 Å². The number of hydrogen-bond acceptors (Lipinski definition) is 2. The number of fused-ring (bicyclic) bond motifs is 5. The summed E-state index contributed by atoms with van der Waals surface area (Å²) in [5.74, 6) is 5.00.